The van der Waals surface area contributed by atoms with Crippen LogP contribution >= 0.6 is 0 Å². The van der Waals surface area contributed by atoms with Crippen LogP contribution < -0.4 is 5.32 Å². The Morgan fingerprint density at radius 1 is 1.17 bits per heavy atom. The fourth-order valence-corrected chi connectivity index (χ4v) is 3.89. The van der Waals surface area contributed by atoms with Gasteiger partial charge in [-0.1, -0.05) is 36.4 Å². The first-order valence-electron chi connectivity index (χ1n) is 9.87. The van der Waals surface area contributed by atoms with Gasteiger partial charge in [-0.05, 0) is 42.0 Å². The Hall–Kier alpha value is -3.68. The van der Waals surface area contributed by atoms with Crippen LogP contribution in [0.15, 0.2) is 54.7 Å². The summed E-state index contributed by atoms with van der Waals surface area (Å²) in [6.07, 6.45) is 1.86. The number of nitro groups is 1. The van der Waals surface area contributed by atoms with Gasteiger partial charge in [-0.15, -0.1) is 0 Å². The quantitative estimate of drug-likeness (QED) is 0.473. The summed E-state index contributed by atoms with van der Waals surface area (Å²) in [5.74, 6) is 0.256. The number of benzene rings is 2. The molecule has 0 bridgehead atoms. The number of carboxylic acid groups (broad SMARTS) is 1. The summed E-state index contributed by atoms with van der Waals surface area (Å²) in [6, 6.07) is 15.6. The molecule has 0 aliphatic carbocycles. The van der Waals surface area contributed by atoms with E-state index in [9.17, 15) is 14.9 Å². The molecule has 30 heavy (non-hydrogen) atoms. The maximum Gasteiger partial charge on any atom is 0.407 e. The van der Waals surface area contributed by atoms with E-state index < -0.39 is 11.0 Å². The number of fused-ring (bicyclic) bond motifs is 1. The zero-order valence-corrected chi connectivity index (χ0v) is 16.3. The normalized spacial score (nSPS) is 14.6. The van der Waals surface area contributed by atoms with E-state index in [1.807, 2.05) is 48.5 Å². The molecule has 2 N–H and O–H groups in total. The third-order valence-corrected chi connectivity index (χ3v) is 5.61. The lowest BCUT2D eigenvalue weighted by atomic mass is 9.96. The van der Waals surface area contributed by atoms with Gasteiger partial charge in [-0.25, -0.2) is 9.78 Å². The lowest BCUT2D eigenvalue weighted by Gasteiger charge is -2.30. The maximum absolute atomic E-state index is 11.6. The molecule has 8 nitrogen and oxygen atoms in total. The number of likely N-dealkylation sites (tertiary alicyclic amines) is 1. The van der Waals surface area contributed by atoms with Crippen molar-refractivity contribution >= 4 is 28.4 Å². The second kappa shape index (κ2) is 8.36. The molecule has 1 fully saturated rings. The SMILES string of the molecule is O=C(O)N1CCC(CNc2c([N+](=O)[O-])cnc3cc(-c4ccccc4)ccc23)CC1. The highest BCUT2D eigenvalue weighted by atomic mass is 16.6. The third kappa shape index (κ3) is 4.03. The number of hydrogen-bond acceptors (Lipinski definition) is 5. The van der Waals surface area contributed by atoms with E-state index in [0.29, 0.717) is 36.2 Å². The van der Waals surface area contributed by atoms with Gasteiger partial charge in [0.2, 0.25) is 0 Å². The van der Waals surface area contributed by atoms with Gasteiger partial charge in [0.15, 0.2) is 0 Å². The van der Waals surface area contributed by atoms with Gasteiger partial charge in [0.1, 0.15) is 11.9 Å². The predicted octanol–water partition coefficient (Wildman–Crippen LogP) is 4.61. The number of carbonyl (C=O) groups is 1. The maximum atomic E-state index is 11.6. The monoisotopic (exact) mass is 406 g/mol. The van der Waals surface area contributed by atoms with Crippen molar-refractivity contribution in [3.63, 3.8) is 0 Å². The number of pyridine rings is 1. The molecular weight excluding hydrogens is 384 g/mol. The molecule has 1 aromatic heterocycles. The van der Waals surface area contributed by atoms with Crippen LogP contribution in [0.4, 0.5) is 16.2 Å². The molecule has 0 saturated carbocycles. The van der Waals surface area contributed by atoms with Crippen molar-refractivity contribution in [3.8, 4) is 11.1 Å². The summed E-state index contributed by atoms with van der Waals surface area (Å²) in [7, 11) is 0. The zero-order valence-electron chi connectivity index (χ0n) is 16.3. The molecule has 4 rings (SSSR count). The molecular formula is C22H22N4O4. The van der Waals surface area contributed by atoms with E-state index in [-0.39, 0.29) is 11.6 Å². The molecule has 8 heteroatoms. The number of rotatable bonds is 5. The Morgan fingerprint density at radius 2 is 1.90 bits per heavy atom. The van der Waals surface area contributed by atoms with E-state index in [2.05, 4.69) is 10.3 Å². The fraction of sp³-hybridized carbons (Fsp3) is 0.273. The Kier molecular flexibility index (Phi) is 5.47. The van der Waals surface area contributed by atoms with Crippen LogP contribution in [-0.4, -0.2) is 45.6 Å². The average Bonchev–Trinajstić information content (AvgIpc) is 2.77. The summed E-state index contributed by atoms with van der Waals surface area (Å²) in [5, 5.41) is 24.6. The van der Waals surface area contributed by atoms with Gasteiger partial charge in [0, 0.05) is 25.0 Å². The molecule has 1 aliphatic rings. The van der Waals surface area contributed by atoms with Gasteiger partial charge in [0.25, 0.3) is 0 Å². The number of piperidine rings is 1. The Bertz CT molecular complexity index is 1080. The van der Waals surface area contributed by atoms with Crippen molar-refractivity contribution in [2.75, 3.05) is 25.0 Å². The van der Waals surface area contributed by atoms with E-state index in [1.165, 1.54) is 11.1 Å². The smallest absolute Gasteiger partial charge is 0.407 e. The van der Waals surface area contributed by atoms with Crippen LogP contribution in [-0.2, 0) is 0 Å². The third-order valence-electron chi connectivity index (χ3n) is 5.61. The lowest BCUT2D eigenvalue weighted by molar-refractivity contribution is -0.384. The minimum atomic E-state index is -0.897. The summed E-state index contributed by atoms with van der Waals surface area (Å²) in [4.78, 5) is 27.9. The molecule has 154 valence electrons. The highest BCUT2D eigenvalue weighted by molar-refractivity contribution is 5.97. The first kappa shape index (κ1) is 19.6. The van der Waals surface area contributed by atoms with E-state index in [4.69, 9.17) is 5.11 Å². The molecule has 0 unspecified atom stereocenters. The number of hydrogen-bond donors (Lipinski definition) is 2. The van der Waals surface area contributed by atoms with Gasteiger partial charge in [0.05, 0.1) is 10.4 Å². The van der Waals surface area contributed by atoms with Crippen molar-refractivity contribution in [1.82, 2.24) is 9.88 Å². The standard InChI is InChI=1S/C22H22N4O4/c27-22(28)25-10-8-15(9-11-25)13-24-21-18-7-6-17(16-4-2-1-3-5-16)12-19(18)23-14-20(21)26(29)30/h1-7,12,14-15H,8-11,13H2,(H,23,24)(H,27,28). The van der Waals surface area contributed by atoms with E-state index >= 15 is 0 Å². The fourth-order valence-electron chi connectivity index (χ4n) is 3.89. The summed E-state index contributed by atoms with van der Waals surface area (Å²) in [6.45, 7) is 1.52. The number of nitrogens with one attached hydrogen (secondary N) is 1. The number of amides is 1. The average molecular weight is 406 g/mol. The molecule has 0 spiro atoms. The molecule has 0 radical (unpaired) electrons. The summed E-state index contributed by atoms with van der Waals surface area (Å²) >= 11 is 0. The molecule has 1 amide bonds. The van der Waals surface area contributed by atoms with Gasteiger partial charge < -0.3 is 15.3 Å². The Balaban J connectivity index is 1.60. The molecule has 3 aromatic rings. The van der Waals surface area contributed by atoms with E-state index in [1.54, 1.807) is 0 Å². The number of anilines is 1. The number of aromatic nitrogens is 1. The van der Waals surface area contributed by atoms with Crippen molar-refractivity contribution in [3.05, 3.63) is 64.8 Å². The van der Waals surface area contributed by atoms with Gasteiger partial charge >= 0.3 is 11.8 Å². The Morgan fingerprint density at radius 3 is 2.57 bits per heavy atom. The molecule has 2 heterocycles. The molecule has 2 aromatic carbocycles. The zero-order chi connectivity index (χ0) is 21.1. The summed E-state index contributed by atoms with van der Waals surface area (Å²) in [5.41, 5.74) is 3.14. The van der Waals surface area contributed by atoms with Crippen molar-refractivity contribution in [2.24, 2.45) is 5.92 Å². The number of nitrogens with zero attached hydrogens (tertiary/aromatic N) is 3. The van der Waals surface area contributed by atoms with Crippen LogP contribution in [0.2, 0.25) is 0 Å². The molecule has 1 aliphatic heterocycles. The van der Waals surface area contributed by atoms with E-state index in [0.717, 1.165) is 24.0 Å². The minimum absolute atomic E-state index is 0.0575. The highest BCUT2D eigenvalue weighted by Crippen LogP contribution is 2.34. The molecule has 1 saturated heterocycles. The summed E-state index contributed by atoms with van der Waals surface area (Å²) < 4.78 is 0. The predicted molar refractivity (Wildman–Crippen MR) is 115 cm³/mol. The largest absolute Gasteiger partial charge is 0.465 e. The molecule has 0 atom stereocenters. The van der Waals surface area contributed by atoms with Crippen molar-refractivity contribution < 1.29 is 14.8 Å². The minimum Gasteiger partial charge on any atom is -0.465 e. The Labute approximate surface area is 173 Å². The van der Waals surface area contributed by atoms with Crippen molar-refractivity contribution in [2.45, 2.75) is 12.8 Å². The first-order valence-corrected chi connectivity index (χ1v) is 9.87. The van der Waals surface area contributed by atoms with Crippen LogP contribution in [0, 0.1) is 16.0 Å². The van der Waals surface area contributed by atoms with Crippen LogP contribution in [0.1, 0.15) is 12.8 Å². The van der Waals surface area contributed by atoms with Gasteiger partial charge in [-0.3, -0.25) is 10.1 Å². The van der Waals surface area contributed by atoms with Crippen LogP contribution in [0.25, 0.3) is 22.0 Å². The van der Waals surface area contributed by atoms with Crippen molar-refractivity contribution in [1.29, 1.82) is 0 Å². The second-order valence-electron chi connectivity index (χ2n) is 7.47. The second-order valence-corrected chi connectivity index (χ2v) is 7.47. The topological polar surface area (TPSA) is 109 Å². The first-order chi connectivity index (χ1) is 14.5. The lowest BCUT2D eigenvalue weighted by Crippen LogP contribution is -2.39. The van der Waals surface area contributed by atoms with Crippen LogP contribution in [0.3, 0.4) is 0 Å². The van der Waals surface area contributed by atoms with Crippen LogP contribution in [0.5, 0.6) is 0 Å². The highest BCUT2D eigenvalue weighted by Gasteiger charge is 2.24. The van der Waals surface area contributed by atoms with Gasteiger partial charge in [-0.2, -0.15) is 0 Å².